The fourth-order valence-electron chi connectivity index (χ4n) is 2.86. The number of ether oxygens (including phenoxy) is 2. The Balaban J connectivity index is 1.59. The van der Waals surface area contributed by atoms with Crippen molar-refractivity contribution in [2.24, 2.45) is 5.10 Å². The quantitative estimate of drug-likeness (QED) is 0.470. The predicted octanol–water partition coefficient (Wildman–Crippen LogP) is 2.78. The molecule has 136 valence electrons. The Morgan fingerprint density at radius 2 is 1.77 bits per heavy atom. The van der Waals surface area contributed by atoms with Crippen molar-refractivity contribution in [2.75, 3.05) is 38.2 Å². The zero-order chi connectivity index (χ0) is 18.4. The third-order valence-electron chi connectivity index (χ3n) is 4.19. The molecule has 26 heavy (non-hydrogen) atoms. The highest BCUT2D eigenvalue weighted by molar-refractivity contribution is 5.81. The fourth-order valence-corrected chi connectivity index (χ4v) is 2.86. The predicted molar refractivity (Wildman–Crippen MR) is 102 cm³/mol. The van der Waals surface area contributed by atoms with E-state index in [1.54, 1.807) is 19.4 Å². The van der Waals surface area contributed by atoms with Gasteiger partial charge in [-0.05, 0) is 35.9 Å². The average molecular weight is 353 g/mol. The molecule has 1 fully saturated rings. The van der Waals surface area contributed by atoms with E-state index in [4.69, 9.17) is 9.47 Å². The van der Waals surface area contributed by atoms with Gasteiger partial charge in [-0.15, -0.1) is 0 Å². The number of hydrogen-bond donors (Lipinski definition) is 0. The maximum absolute atomic E-state index is 11.1. The number of rotatable bonds is 5. The van der Waals surface area contributed by atoms with Crippen LogP contribution in [0.1, 0.15) is 12.5 Å². The van der Waals surface area contributed by atoms with Crippen molar-refractivity contribution in [1.82, 2.24) is 5.01 Å². The molecule has 0 N–H and O–H groups in total. The summed E-state index contributed by atoms with van der Waals surface area (Å²) < 4.78 is 10.4. The summed E-state index contributed by atoms with van der Waals surface area (Å²) in [5, 5.41) is 6.63. The molecule has 3 rings (SSSR count). The van der Waals surface area contributed by atoms with E-state index >= 15 is 0 Å². The molecule has 0 saturated carbocycles. The Morgan fingerprint density at radius 3 is 2.42 bits per heavy atom. The van der Waals surface area contributed by atoms with Crippen LogP contribution in [-0.4, -0.2) is 50.5 Å². The second kappa shape index (κ2) is 8.38. The van der Waals surface area contributed by atoms with Gasteiger partial charge in [-0.1, -0.05) is 18.2 Å². The van der Waals surface area contributed by atoms with Crippen molar-refractivity contribution in [3.63, 3.8) is 0 Å². The highest BCUT2D eigenvalue weighted by atomic mass is 16.6. The molecule has 0 unspecified atom stereocenters. The minimum absolute atomic E-state index is 0.374. The molecule has 0 amide bonds. The number of para-hydroxylation sites is 1. The topological polar surface area (TPSA) is 54.4 Å². The van der Waals surface area contributed by atoms with E-state index in [0.29, 0.717) is 11.5 Å². The number of hydrazone groups is 1. The standard InChI is InChI=1S/C20H23N3O3/c1-16(24)26-19-9-8-17(14-20(19)25-2)15-21-23-12-10-22(11-13-23)18-6-4-3-5-7-18/h3-9,14-15H,10-13H2,1-2H3. The smallest absolute Gasteiger partial charge is 0.308 e. The van der Waals surface area contributed by atoms with Gasteiger partial charge in [0.2, 0.25) is 0 Å². The van der Waals surface area contributed by atoms with Crippen LogP contribution in [0, 0.1) is 0 Å². The van der Waals surface area contributed by atoms with Gasteiger partial charge >= 0.3 is 5.97 Å². The first-order chi connectivity index (χ1) is 12.7. The summed E-state index contributed by atoms with van der Waals surface area (Å²) in [6.07, 6.45) is 1.80. The van der Waals surface area contributed by atoms with Gasteiger partial charge in [0, 0.05) is 25.7 Å². The van der Waals surface area contributed by atoms with Crippen LogP contribution < -0.4 is 14.4 Å². The number of carbonyl (C=O) groups is 1. The molecule has 0 radical (unpaired) electrons. The van der Waals surface area contributed by atoms with E-state index in [1.165, 1.54) is 12.6 Å². The number of anilines is 1. The first-order valence-electron chi connectivity index (χ1n) is 8.61. The molecular weight excluding hydrogens is 330 g/mol. The lowest BCUT2D eigenvalue weighted by atomic mass is 10.2. The first kappa shape index (κ1) is 17.8. The summed E-state index contributed by atoms with van der Waals surface area (Å²) >= 11 is 0. The van der Waals surface area contributed by atoms with Gasteiger partial charge in [-0.3, -0.25) is 9.80 Å². The average Bonchev–Trinajstić information content (AvgIpc) is 2.68. The minimum atomic E-state index is -0.374. The molecular formula is C20H23N3O3. The van der Waals surface area contributed by atoms with Crippen molar-refractivity contribution in [2.45, 2.75) is 6.92 Å². The summed E-state index contributed by atoms with van der Waals surface area (Å²) in [6.45, 7) is 4.98. The summed E-state index contributed by atoms with van der Waals surface area (Å²) in [5.74, 6) is 0.549. The van der Waals surface area contributed by atoms with Crippen molar-refractivity contribution >= 4 is 17.9 Å². The minimum Gasteiger partial charge on any atom is -0.493 e. The molecule has 1 aliphatic rings. The number of esters is 1. The summed E-state index contributed by atoms with van der Waals surface area (Å²) in [6, 6.07) is 15.8. The van der Waals surface area contributed by atoms with Crippen LogP contribution >= 0.6 is 0 Å². The molecule has 2 aromatic rings. The van der Waals surface area contributed by atoms with Crippen LogP contribution in [0.2, 0.25) is 0 Å². The second-order valence-corrected chi connectivity index (χ2v) is 6.02. The van der Waals surface area contributed by atoms with Gasteiger partial charge in [0.25, 0.3) is 0 Å². The van der Waals surface area contributed by atoms with Gasteiger partial charge in [-0.2, -0.15) is 5.10 Å². The monoisotopic (exact) mass is 353 g/mol. The lowest BCUT2D eigenvalue weighted by molar-refractivity contribution is -0.132. The van der Waals surface area contributed by atoms with Crippen molar-refractivity contribution in [3.8, 4) is 11.5 Å². The zero-order valence-corrected chi connectivity index (χ0v) is 15.1. The Labute approximate surface area is 153 Å². The Bertz CT molecular complexity index is 769. The summed E-state index contributed by atoms with van der Waals surface area (Å²) in [5.41, 5.74) is 2.14. The fraction of sp³-hybridized carbons (Fsp3) is 0.300. The highest BCUT2D eigenvalue weighted by Crippen LogP contribution is 2.27. The third-order valence-corrected chi connectivity index (χ3v) is 4.19. The van der Waals surface area contributed by atoms with Crippen LogP contribution in [0.25, 0.3) is 0 Å². The van der Waals surface area contributed by atoms with Gasteiger partial charge in [0.05, 0.1) is 26.4 Å². The number of hydrogen-bond acceptors (Lipinski definition) is 6. The highest BCUT2D eigenvalue weighted by Gasteiger charge is 2.15. The molecule has 1 aliphatic heterocycles. The van der Waals surface area contributed by atoms with E-state index in [1.807, 2.05) is 18.2 Å². The first-order valence-corrected chi connectivity index (χ1v) is 8.61. The maximum atomic E-state index is 11.1. The Morgan fingerprint density at radius 1 is 1.04 bits per heavy atom. The number of piperazine rings is 1. The number of nitrogens with zero attached hydrogens (tertiary/aromatic N) is 3. The Hall–Kier alpha value is -3.02. The Kier molecular flexibility index (Phi) is 5.73. The van der Waals surface area contributed by atoms with Crippen LogP contribution in [0.3, 0.4) is 0 Å². The van der Waals surface area contributed by atoms with E-state index in [-0.39, 0.29) is 5.97 Å². The molecule has 2 aromatic carbocycles. The number of methoxy groups -OCH3 is 1. The van der Waals surface area contributed by atoms with Gasteiger partial charge in [-0.25, -0.2) is 0 Å². The molecule has 0 spiro atoms. The summed E-state index contributed by atoms with van der Waals surface area (Å²) in [7, 11) is 1.55. The van der Waals surface area contributed by atoms with Gasteiger partial charge in [0.15, 0.2) is 11.5 Å². The van der Waals surface area contributed by atoms with E-state index in [2.05, 4.69) is 39.3 Å². The molecule has 1 heterocycles. The van der Waals surface area contributed by atoms with Crippen LogP contribution in [0.5, 0.6) is 11.5 Å². The largest absolute Gasteiger partial charge is 0.493 e. The molecule has 0 aromatic heterocycles. The van der Waals surface area contributed by atoms with Crippen molar-refractivity contribution in [1.29, 1.82) is 0 Å². The van der Waals surface area contributed by atoms with Crippen LogP contribution in [0.4, 0.5) is 5.69 Å². The number of carbonyl (C=O) groups excluding carboxylic acids is 1. The SMILES string of the molecule is COc1cc(C=NN2CCN(c3ccccc3)CC2)ccc1OC(C)=O. The third kappa shape index (κ3) is 4.53. The molecule has 0 aliphatic carbocycles. The van der Waals surface area contributed by atoms with E-state index in [0.717, 1.165) is 31.7 Å². The molecule has 6 heteroatoms. The summed E-state index contributed by atoms with van der Waals surface area (Å²) in [4.78, 5) is 13.5. The van der Waals surface area contributed by atoms with Crippen LogP contribution in [-0.2, 0) is 4.79 Å². The molecule has 1 saturated heterocycles. The van der Waals surface area contributed by atoms with Gasteiger partial charge < -0.3 is 14.4 Å². The molecule has 6 nitrogen and oxygen atoms in total. The van der Waals surface area contributed by atoms with E-state index in [9.17, 15) is 4.79 Å². The van der Waals surface area contributed by atoms with E-state index < -0.39 is 0 Å². The lowest BCUT2D eigenvalue weighted by Gasteiger charge is -2.34. The lowest BCUT2D eigenvalue weighted by Crippen LogP contribution is -2.44. The number of benzene rings is 2. The zero-order valence-electron chi connectivity index (χ0n) is 15.1. The van der Waals surface area contributed by atoms with Gasteiger partial charge in [0.1, 0.15) is 0 Å². The molecule has 0 atom stereocenters. The van der Waals surface area contributed by atoms with Crippen molar-refractivity contribution in [3.05, 3.63) is 54.1 Å². The van der Waals surface area contributed by atoms with Crippen LogP contribution in [0.15, 0.2) is 53.6 Å². The maximum Gasteiger partial charge on any atom is 0.308 e. The van der Waals surface area contributed by atoms with Crippen molar-refractivity contribution < 1.29 is 14.3 Å². The second-order valence-electron chi connectivity index (χ2n) is 6.02. The molecule has 0 bridgehead atoms. The normalized spacial score (nSPS) is 14.5.